The number of rotatable bonds is 2. The lowest BCUT2D eigenvalue weighted by molar-refractivity contribution is -0.172. The van der Waals surface area contributed by atoms with E-state index in [0.29, 0.717) is 34.6 Å². The van der Waals surface area contributed by atoms with Gasteiger partial charge in [-0.15, -0.1) is 11.3 Å². The molecule has 0 aromatic carbocycles. The first kappa shape index (κ1) is 13.2. The summed E-state index contributed by atoms with van der Waals surface area (Å²) in [7, 11) is 0. The van der Waals surface area contributed by atoms with Crippen molar-refractivity contribution >= 4 is 28.8 Å². The molecule has 7 heteroatoms. The highest BCUT2D eigenvalue weighted by molar-refractivity contribution is 7.13. The normalized spacial score (nSPS) is 19.2. The first-order valence-electron chi connectivity index (χ1n) is 6.66. The zero-order valence-corrected chi connectivity index (χ0v) is 12.7. The molecule has 2 aromatic rings. The van der Waals surface area contributed by atoms with Gasteiger partial charge in [-0.2, -0.15) is 0 Å². The Morgan fingerprint density at radius 2 is 2.33 bits per heavy atom. The van der Waals surface area contributed by atoms with Crippen LogP contribution in [-0.2, 0) is 4.74 Å². The number of halogens is 1. The fourth-order valence-corrected chi connectivity index (χ4v) is 3.73. The lowest BCUT2D eigenvalue weighted by Gasteiger charge is -2.57. The summed E-state index contributed by atoms with van der Waals surface area (Å²) in [6, 6.07) is 3.54. The lowest BCUT2D eigenvalue weighted by atomic mass is 9.82. The zero-order chi connectivity index (χ0) is 14.4. The number of ether oxygens (including phenoxy) is 1. The van der Waals surface area contributed by atoms with E-state index in [0.717, 1.165) is 13.0 Å². The Labute approximate surface area is 130 Å². The minimum absolute atomic E-state index is 0.0286. The quantitative estimate of drug-likeness (QED) is 0.852. The van der Waals surface area contributed by atoms with E-state index < -0.39 is 0 Å². The van der Waals surface area contributed by atoms with Gasteiger partial charge < -0.3 is 9.64 Å². The molecule has 108 valence electrons. The van der Waals surface area contributed by atoms with Gasteiger partial charge in [-0.1, -0.05) is 11.6 Å². The number of aromatic nitrogens is 2. The van der Waals surface area contributed by atoms with E-state index in [9.17, 15) is 4.79 Å². The van der Waals surface area contributed by atoms with Crippen molar-refractivity contribution in [3.8, 4) is 10.7 Å². The van der Waals surface area contributed by atoms with Gasteiger partial charge in [-0.25, -0.2) is 4.98 Å². The first-order valence-corrected chi connectivity index (χ1v) is 7.92. The zero-order valence-electron chi connectivity index (χ0n) is 11.1. The molecule has 21 heavy (non-hydrogen) atoms. The fourth-order valence-electron chi connectivity index (χ4n) is 2.66. The van der Waals surface area contributed by atoms with E-state index >= 15 is 0 Å². The molecule has 1 amide bonds. The molecule has 5 nitrogen and oxygen atoms in total. The van der Waals surface area contributed by atoms with Crippen molar-refractivity contribution in [3.05, 3.63) is 34.4 Å². The van der Waals surface area contributed by atoms with Crippen molar-refractivity contribution in [2.45, 2.75) is 12.0 Å². The number of carbonyl (C=O) groups excluding carboxylic acids is 1. The van der Waals surface area contributed by atoms with E-state index in [1.165, 1.54) is 11.3 Å². The number of thiazole rings is 1. The topological polar surface area (TPSA) is 55.3 Å². The molecule has 2 aliphatic rings. The maximum absolute atomic E-state index is 12.5. The molecule has 2 aliphatic heterocycles. The smallest absolute Gasteiger partial charge is 0.273 e. The summed E-state index contributed by atoms with van der Waals surface area (Å²) in [5.41, 5.74) is 1.01. The Hall–Kier alpha value is -1.50. The molecule has 0 unspecified atom stereocenters. The highest BCUT2D eigenvalue weighted by atomic mass is 35.5. The summed E-state index contributed by atoms with van der Waals surface area (Å²) in [6.45, 7) is 2.06. The van der Waals surface area contributed by atoms with Crippen molar-refractivity contribution < 1.29 is 9.53 Å². The molecule has 0 bridgehead atoms. The molecule has 4 heterocycles. The molecule has 0 atom stereocenters. The Morgan fingerprint density at radius 1 is 1.48 bits per heavy atom. The van der Waals surface area contributed by atoms with Crippen molar-refractivity contribution in [3.63, 3.8) is 0 Å². The Morgan fingerprint density at radius 3 is 2.95 bits per heavy atom. The van der Waals surface area contributed by atoms with Crippen LogP contribution in [0.3, 0.4) is 0 Å². The number of likely N-dealkylation sites (tertiary alicyclic amines) is 1. The molecule has 1 spiro atoms. The Kier molecular flexibility index (Phi) is 2.99. The van der Waals surface area contributed by atoms with E-state index in [4.69, 9.17) is 16.3 Å². The lowest BCUT2D eigenvalue weighted by Crippen LogP contribution is -2.72. The summed E-state index contributed by atoms with van der Waals surface area (Å²) in [6.07, 6.45) is 2.68. The van der Waals surface area contributed by atoms with Gasteiger partial charge in [0, 0.05) is 18.1 Å². The molecule has 2 fully saturated rings. The van der Waals surface area contributed by atoms with Crippen LogP contribution in [0.1, 0.15) is 16.9 Å². The summed E-state index contributed by atoms with van der Waals surface area (Å²) in [4.78, 5) is 23.0. The minimum Gasteiger partial charge on any atom is -0.376 e. The van der Waals surface area contributed by atoms with Crippen LogP contribution in [0.5, 0.6) is 0 Å². The number of pyridine rings is 1. The number of amides is 1. The Balaban J connectivity index is 1.60. The molecule has 4 rings (SSSR count). The molecule has 0 aliphatic carbocycles. The summed E-state index contributed by atoms with van der Waals surface area (Å²) >= 11 is 7.50. The SMILES string of the molecule is O=C(c1csc(-c2ncccc2Cl)n1)N1CCC12COC2. The summed E-state index contributed by atoms with van der Waals surface area (Å²) in [5, 5.41) is 2.98. The van der Waals surface area contributed by atoms with Gasteiger partial charge in [-0.3, -0.25) is 9.78 Å². The predicted molar refractivity (Wildman–Crippen MR) is 79.6 cm³/mol. The highest BCUT2D eigenvalue weighted by Gasteiger charge is 2.53. The second-order valence-corrected chi connectivity index (χ2v) is 6.56. The van der Waals surface area contributed by atoms with Gasteiger partial charge >= 0.3 is 0 Å². The average Bonchev–Trinajstić information content (AvgIpc) is 2.85. The second-order valence-electron chi connectivity index (χ2n) is 5.30. The molecular formula is C14H12ClN3O2S. The van der Waals surface area contributed by atoms with Crippen LogP contribution < -0.4 is 0 Å². The summed E-state index contributed by atoms with van der Waals surface area (Å²) < 4.78 is 5.25. The van der Waals surface area contributed by atoms with Crippen LogP contribution >= 0.6 is 22.9 Å². The maximum Gasteiger partial charge on any atom is 0.273 e. The van der Waals surface area contributed by atoms with Crippen LogP contribution in [-0.4, -0.2) is 46.1 Å². The van der Waals surface area contributed by atoms with Crippen LogP contribution in [0.15, 0.2) is 23.7 Å². The largest absolute Gasteiger partial charge is 0.376 e. The molecule has 2 saturated heterocycles. The fraction of sp³-hybridized carbons (Fsp3) is 0.357. The maximum atomic E-state index is 12.5. The molecule has 2 aromatic heterocycles. The van der Waals surface area contributed by atoms with Gasteiger partial charge in [-0.05, 0) is 18.6 Å². The van der Waals surface area contributed by atoms with Crippen molar-refractivity contribution in [1.29, 1.82) is 0 Å². The number of carbonyl (C=O) groups is 1. The standard InChI is InChI=1S/C14H12ClN3O2S/c15-9-2-1-4-16-11(9)12-17-10(6-21-12)13(19)18-5-3-14(18)7-20-8-14/h1-2,4,6H,3,5,7-8H2. The number of hydrogen-bond acceptors (Lipinski definition) is 5. The van der Waals surface area contributed by atoms with Crippen molar-refractivity contribution in [2.75, 3.05) is 19.8 Å². The molecular weight excluding hydrogens is 310 g/mol. The van der Waals surface area contributed by atoms with E-state index in [-0.39, 0.29) is 11.4 Å². The molecule has 0 N–H and O–H groups in total. The van der Waals surface area contributed by atoms with Crippen LogP contribution in [0.25, 0.3) is 10.7 Å². The highest BCUT2D eigenvalue weighted by Crippen LogP contribution is 2.38. The third-order valence-corrected chi connectivity index (χ3v) is 5.20. The number of hydrogen-bond donors (Lipinski definition) is 0. The van der Waals surface area contributed by atoms with Gasteiger partial charge in [0.1, 0.15) is 16.4 Å². The first-order chi connectivity index (χ1) is 10.2. The average molecular weight is 322 g/mol. The third-order valence-electron chi connectivity index (χ3n) is 4.04. The van der Waals surface area contributed by atoms with E-state index in [2.05, 4.69) is 9.97 Å². The third kappa shape index (κ3) is 1.97. The second kappa shape index (κ2) is 4.76. The monoisotopic (exact) mass is 321 g/mol. The molecule has 0 saturated carbocycles. The summed E-state index contributed by atoms with van der Waals surface area (Å²) in [5.74, 6) is -0.0286. The van der Waals surface area contributed by atoms with Gasteiger partial charge in [0.05, 0.1) is 23.8 Å². The number of nitrogens with zero attached hydrogens (tertiary/aromatic N) is 3. The van der Waals surface area contributed by atoms with Gasteiger partial charge in [0.2, 0.25) is 0 Å². The minimum atomic E-state index is -0.0660. The molecule has 0 radical (unpaired) electrons. The Bertz CT molecular complexity index is 708. The van der Waals surface area contributed by atoms with E-state index in [1.54, 1.807) is 23.7 Å². The van der Waals surface area contributed by atoms with Gasteiger partial charge in [0.25, 0.3) is 5.91 Å². The van der Waals surface area contributed by atoms with Gasteiger partial charge in [0.15, 0.2) is 0 Å². The van der Waals surface area contributed by atoms with Crippen molar-refractivity contribution in [2.24, 2.45) is 0 Å². The van der Waals surface area contributed by atoms with Crippen LogP contribution in [0.4, 0.5) is 0 Å². The van der Waals surface area contributed by atoms with Crippen molar-refractivity contribution in [1.82, 2.24) is 14.9 Å². The predicted octanol–water partition coefficient (Wildman–Crippen LogP) is 2.47. The van der Waals surface area contributed by atoms with Crippen LogP contribution in [0.2, 0.25) is 5.02 Å². The van der Waals surface area contributed by atoms with Crippen LogP contribution in [0, 0.1) is 0 Å². The van der Waals surface area contributed by atoms with E-state index in [1.807, 2.05) is 4.90 Å².